The van der Waals surface area contributed by atoms with Crippen molar-refractivity contribution in [1.82, 2.24) is 24.1 Å². The maximum absolute atomic E-state index is 13.0. The van der Waals surface area contributed by atoms with Crippen LogP contribution in [0.25, 0.3) is 16.2 Å². The van der Waals surface area contributed by atoms with Crippen molar-refractivity contribution in [2.75, 3.05) is 13.1 Å². The summed E-state index contributed by atoms with van der Waals surface area (Å²) in [6.07, 6.45) is 0.831. The third-order valence-electron chi connectivity index (χ3n) is 4.76. The van der Waals surface area contributed by atoms with Crippen LogP contribution in [0.4, 0.5) is 13.2 Å². The van der Waals surface area contributed by atoms with Crippen molar-refractivity contribution in [3.63, 3.8) is 0 Å². The molecule has 0 saturated heterocycles. The monoisotopic (exact) mass is 433 g/mol. The predicted octanol–water partition coefficient (Wildman–Crippen LogP) is 4.44. The van der Waals surface area contributed by atoms with E-state index >= 15 is 0 Å². The summed E-state index contributed by atoms with van der Waals surface area (Å²) in [6, 6.07) is 6.67. The Morgan fingerprint density at radius 2 is 2.00 bits per heavy atom. The molecule has 6 nitrogen and oxygen atoms in total. The van der Waals surface area contributed by atoms with Crippen molar-refractivity contribution in [3.05, 3.63) is 65.6 Å². The summed E-state index contributed by atoms with van der Waals surface area (Å²) >= 11 is 1.32. The maximum atomic E-state index is 13.0. The predicted molar refractivity (Wildman–Crippen MR) is 107 cm³/mol. The molecule has 3 heterocycles. The molecule has 30 heavy (non-hydrogen) atoms. The molecule has 1 aromatic carbocycles. The van der Waals surface area contributed by atoms with Gasteiger partial charge in [0.1, 0.15) is 5.69 Å². The Hall–Kier alpha value is -3.14. The van der Waals surface area contributed by atoms with Gasteiger partial charge in [0.2, 0.25) is 0 Å². The number of likely N-dealkylation sites (N-methyl/N-ethyl adjacent to an activating group) is 1. The summed E-state index contributed by atoms with van der Waals surface area (Å²) in [5, 5.41) is 5.90. The number of fused-ring (bicyclic) bond motifs is 1. The molecule has 0 N–H and O–H groups in total. The molecule has 3 aromatic heterocycles. The Kier molecular flexibility index (Phi) is 5.33. The lowest BCUT2D eigenvalue weighted by molar-refractivity contribution is -0.137. The molecule has 0 fully saturated rings. The Labute approximate surface area is 174 Å². The average molecular weight is 433 g/mol. The number of aromatic nitrogens is 4. The molecular weight excluding hydrogens is 415 g/mol. The number of carbonyl (C=O) groups is 1. The number of hydrogen-bond acceptors (Lipinski definition) is 4. The first kappa shape index (κ1) is 20.1. The van der Waals surface area contributed by atoms with Crippen LogP contribution in [0.1, 0.15) is 23.0 Å². The Bertz CT molecular complexity index is 1150. The molecule has 10 heteroatoms. The molecule has 0 aliphatic heterocycles. The van der Waals surface area contributed by atoms with Gasteiger partial charge in [-0.2, -0.15) is 18.3 Å². The Balaban J connectivity index is 1.57. The van der Waals surface area contributed by atoms with Gasteiger partial charge < -0.3 is 4.90 Å². The van der Waals surface area contributed by atoms with E-state index < -0.39 is 11.7 Å². The highest BCUT2D eigenvalue weighted by Gasteiger charge is 2.30. The lowest BCUT2D eigenvalue weighted by atomic mass is 10.1. The maximum Gasteiger partial charge on any atom is 0.416 e. The average Bonchev–Trinajstić information content (AvgIpc) is 3.45. The van der Waals surface area contributed by atoms with E-state index in [0.717, 1.165) is 12.1 Å². The summed E-state index contributed by atoms with van der Waals surface area (Å²) in [7, 11) is 0. The number of imidazole rings is 1. The smallest absolute Gasteiger partial charge is 0.336 e. The van der Waals surface area contributed by atoms with Crippen LogP contribution in [0, 0.1) is 0 Å². The molecule has 0 unspecified atom stereocenters. The van der Waals surface area contributed by atoms with Crippen LogP contribution in [0.5, 0.6) is 0 Å². The van der Waals surface area contributed by atoms with E-state index in [1.165, 1.54) is 23.5 Å². The van der Waals surface area contributed by atoms with Gasteiger partial charge in [-0.25, -0.2) is 4.98 Å². The quantitative estimate of drug-likeness (QED) is 0.452. The molecular formula is C20H18F3N5OS. The van der Waals surface area contributed by atoms with Crippen LogP contribution >= 0.6 is 11.3 Å². The summed E-state index contributed by atoms with van der Waals surface area (Å²) < 4.78 is 41.8. The number of halogens is 3. The van der Waals surface area contributed by atoms with Crippen LogP contribution in [-0.2, 0) is 12.7 Å². The molecule has 4 rings (SSSR count). The summed E-state index contributed by atoms with van der Waals surface area (Å²) in [4.78, 5) is 19.8. The van der Waals surface area contributed by atoms with Gasteiger partial charge in [-0.15, -0.1) is 11.3 Å². The van der Waals surface area contributed by atoms with Gasteiger partial charge in [-0.3, -0.25) is 13.9 Å². The van der Waals surface area contributed by atoms with Gasteiger partial charge in [-0.1, -0.05) is 12.1 Å². The van der Waals surface area contributed by atoms with E-state index in [2.05, 4.69) is 10.1 Å². The molecule has 0 aliphatic carbocycles. The third-order valence-corrected chi connectivity index (χ3v) is 5.60. The molecule has 1 amide bonds. The second-order valence-electron chi connectivity index (χ2n) is 6.63. The second kappa shape index (κ2) is 7.94. The number of amides is 1. The fraction of sp³-hybridized carbons (Fsp3) is 0.250. The number of thiazole rings is 1. The summed E-state index contributed by atoms with van der Waals surface area (Å²) in [5.41, 5.74) is 0.842. The van der Waals surface area contributed by atoms with E-state index in [1.807, 2.05) is 19.2 Å². The van der Waals surface area contributed by atoms with Gasteiger partial charge in [0, 0.05) is 42.6 Å². The number of carbonyl (C=O) groups excluding carboxylic acids is 1. The van der Waals surface area contributed by atoms with Gasteiger partial charge in [-0.05, 0) is 25.1 Å². The zero-order chi connectivity index (χ0) is 21.3. The SMILES string of the molecule is CCN(CCn1cccn1)C(=O)c1csc2nc(-c3ccc(C(F)(F)F)cc3)cn12. The second-order valence-corrected chi connectivity index (χ2v) is 7.47. The fourth-order valence-electron chi connectivity index (χ4n) is 3.13. The van der Waals surface area contributed by atoms with Crippen LogP contribution in [0.3, 0.4) is 0 Å². The largest absolute Gasteiger partial charge is 0.416 e. The Morgan fingerprint density at radius 1 is 1.23 bits per heavy atom. The van der Waals surface area contributed by atoms with Crippen molar-refractivity contribution < 1.29 is 18.0 Å². The van der Waals surface area contributed by atoms with E-state index in [4.69, 9.17) is 0 Å². The molecule has 0 radical (unpaired) electrons. The van der Waals surface area contributed by atoms with Gasteiger partial charge in [0.25, 0.3) is 5.91 Å². The molecule has 0 bridgehead atoms. The standard InChI is InChI=1S/C20H18F3N5OS/c1-2-26(10-11-27-9-3-8-24-27)18(29)17-13-30-19-25-16(12-28(17)19)14-4-6-15(7-5-14)20(21,22)23/h3-9,12-13H,2,10-11H2,1H3. The first-order valence-corrected chi connectivity index (χ1v) is 10.2. The molecule has 0 atom stereocenters. The molecule has 0 spiro atoms. The van der Waals surface area contributed by atoms with Gasteiger partial charge in [0.05, 0.1) is 17.8 Å². The van der Waals surface area contributed by atoms with Crippen molar-refractivity contribution in [2.45, 2.75) is 19.6 Å². The minimum atomic E-state index is -4.38. The number of benzene rings is 1. The molecule has 4 aromatic rings. The minimum absolute atomic E-state index is 0.132. The minimum Gasteiger partial charge on any atom is -0.336 e. The Morgan fingerprint density at radius 3 is 2.63 bits per heavy atom. The van der Waals surface area contributed by atoms with Crippen LogP contribution in [-0.4, -0.2) is 43.1 Å². The fourth-order valence-corrected chi connectivity index (χ4v) is 3.98. The highest BCUT2D eigenvalue weighted by Crippen LogP contribution is 2.31. The third kappa shape index (κ3) is 3.95. The van der Waals surface area contributed by atoms with E-state index in [0.29, 0.717) is 41.5 Å². The lowest BCUT2D eigenvalue weighted by Gasteiger charge is -2.20. The highest BCUT2D eigenvalue weighted by atomic mass is 32.1. The van der Waals surface area contributed by atoms with Crippen molar-refractivity contribution in [2.24, 2.45) is 0 Å². The van der Waals surface area contributed by atoms with Crippen LogP contribution in [0.15, 0.2) is 54.3 Å². The van der Waals surface area contributed by atoms with Gasteiger partial charge >= 0.3 is 6.18 Å². The number of rotatable bonds is 6. The van der Waals surface area contributed by atoms with E-state index in [-0.39, 0.29) is 5.91 Å². The van der Waals surface area contributed by atoms with Crippen molar-refractivity contribution >= 4 is 22.2 Å². The topological polar surface area (TPSA) is 55.4 Å². The van der Waals surface area contributed by atoms with Crippen LogP contribution < -0.4 is 0 Å². The van der Waals surface area contributed by atoms with Gasteiger partial charge in [0.15, 0.2) is 4.96 Å². The summed E-state index contributed by atoms with van der Waals surface area (Å²) in [6.45, 7) is 3.54. The summed E-state index contributed by atoms with van der Waals surface area (Å²) in [5.74, 6) is -0.132. The zero-order valence-corrected chi connectivity index (χ0v) is 16.8. The van der Waals surface area contributed by atoms with Crippen molar-refractivity contribution in [3.8, 4) is 11.3 Å². The molecule has 0 saturated carbocycles. The first-order chi connectivity index (χ1) is 14.4. The highest BCUT2D eigenvalue weighted by molar-refractivity contribution is 7.15. The van der Waals surface area contributed by atoms with Crippen LogP contribution in [0.2, 0.25) is 0 Å². The number of alkyl halides is 3. The number of nitrogens with zero attached hydrogens (tertiary/aromatic N) is 5. The normalized spacial score (nSPS) is 11.9. The molecule has 156 valence electrons. The number of hydrogen-bond donors (Lipinski definition) is 0. The molecule has 0 aliphatic rings. The van der Waals surface area contributed by atoms with E-state index in [1.54, 1.807) is 31.8 Å². The van der Waals surface area contributed by atoms with E-state index in [9.17, 15) is 18.0 Å². The lowest BCUT2D eigenvalue weighted by Crippen LogP contribution is -2.34. The van der Waals surface area contributed by atoms with Crippen molar-refractivity contribution in [1.29, 1.82) is 0 Å². The first-order valence-electron chi connectivity index (χ1n) is 9.27. The zero-order valence-electron chi connectivity index (χ0n) is 16.0.